The van der Waals surface area contributed by atoms with Crippen molar-refractivity contribution >= 4 is 23.0 Å². The molecule has 3 aromatic rings. The molecule has 4 rings (SSSR count). The van der Waals surface area contributed by atoms with Crippen LogP contribution in [0, 0.1) is 20.8 Å². The van der Waals surface area contributed by atoms with E-state index in [1.54, 1.807) is 11.3 Å². The molecule has 1 atom stereocenters. The molecule has 0 radical (unpaired) electrons. The van der Waals surface area contributed by atoms with Gasteiger partial charge in [0.15, 0.2) is 5.76 Å². The van der Waals surface area contributed by atoms with Gasteiger partial charge in [0.1, 0.15) is 6.04 Å². The van der Waals surface area contributed by atoms with Crippen LogP contribution in [-0.4, -0.2) is 16.8 Å². The predicted molar refractivity (Wildman–Crippen MR) is 107 cm³/mol. The first kappa shape index (κ1) is 17.7. The third kappa shape index (κ3) is 3.10. The first-order valence-corrected chi connectivity index (χ1v) is 9.73. The van der Waals surface area contributed by atoms with E-state index in [9.17, 15) is 4.79 Å². The Hall–Kier alpha value is -2.73. The van der Waals surface area contributed by atoms with Crippen molar-refractivity contribution in [3.63, 3.8) is 0 Å². The Labute approximate surface area is 161 Å². The fourth-order valence-corrected chi connectivity index (χ4v) is 4.89. The fraction of sp³-hybridized carbons (Fsp3) is 0.286. The van der Waals surface area contributed by atoms with Gasteiger partial charge in [0.05, 0.1) is 17.7 Å². The molecule has 0 unspecified atom stereocenters. The molecule has 2 N–H and O–H groups in total. The maximum absolute atomic E-state index is 11.7. The molecule has 6 heteroatoms. The van der Waals surface area contributed by atoms with E-state index in [1.807, 2.05) is 25.1 Å². The summed E-state index contributed by atoms with van der Waals surface area (Å²) < 4.78 is 5.63. The van der Waals surface area contributed by atoms with Gasteiger partial charge in [-0.05, 0) is 31.9 Å². The molecule has 138 valence electrons. The number of aliphatic imine (C=N–C) groups is 1. The van der Waals surface area contributed by atoms with Gasteiger partial charge in [0.25, 0.3) is 0 Å². The van der Waals surface area contributed by atoms with Crippen LogP contribution < -0.4 is 5.73 Å². The van der Waals surface area contributed by atoms with Crippen molar-refractivity contribution in [3.8, 4) is 10.4 Å². The number of hydrogen-bond acceptors (Lipinski definition) is 5. The van der Waals surface area contributed by atoms with E-state index < -0.39 is 11.9 Å². The van der Waals surface area contributed by atoms with E-state index in [2.05, 4.69) is 31.1 Å². The lowest BCUT2D eigenvalue weighted by Crippen LogP contribution is -2.16. The van der Waals surface area contributed by atoms with Crippen LogP contribution in [0.5, 0.6) is 0 Å². The lowest BCUT2D eigenvalue weighted by atomic mass is 9.96. The minimum Gasteiger partial charge on any atom is -0.370 e. The molecule has 1 aliphatic rings. The summed E-state index contributed by atoms with van der Waals surface area (Å²) in [6.45, 7) is 6.18. The second-order valence-corrected chi connectivity index (χ2v) is 8.14. The quantitative estimate of drug-likeness (QED) is 0.734. The number of aromatic nitrogens is 1. The lowest BCUT2D eigenvalue weighted by Gasteiger charge is -2.11. The number of thiophene rings is 1. The number of amides is 1. The highest BCUT2D eigenvalue weighted by molar-refractivity contribution is 7.16. The van der Waals surface area contributed by atoms with Gasteiger partial charge in [-0.2, -0.15) is 0 Å². The Bertz CT molecular complexity index is 1050. The van der Waals surface area contributed by atoms with Gasteiger partial charge in [-0.15, -0.1) is 11.3 Å². The molecule has 3 heterocycles. The van der Waals surface area contributed by atoms with E-state index in [0.29, 0.717) is 12.2 Å². The lowest BCUT2D eigenvalue weighted by molar-refractivity contribution is -0.118. The van der Waals surface area contributed by atoms with Gasteiger partial charge in [-0.3, -0.25) is 9.79 Å². The maximum atomic E-state index is 11.7. The summed E-state index contributed by atoms with van der Waals surface area (Å²) >= 11 is 1.73. The number of carbonyl (C=O) groups excluding carboxylic acids is 1. The van der Waals surface area contributed by atoms with Gasteiger partial charge in [0, 0.05) is 27.5 Å². The topological polar surface area (TPSA) is 81.5 Å². The highest BCUT2D eigenvalue weighted by Gasteiger charge is 2.33. The first-order chi connectivity index (χ1) is 13.0. The molecular weight excluding hydrogens is 358 g/mol. The number of hydrogen-bond donors (Lipinski definition) is 1. The molecule has 2 aromatic heterocycles. The van der Waals surface area contributed by atoms with Crippen molar-refractivity contribution in [2.45, 2.75) is 39.7 Å². The average Bonchev–Trinajstić information content (AvgIpc) is 3.10. The number of benzene rings is 1. The molecule has 0 bridgehead atoms. The monoisotopic (exact) mass is 379 g/mol. The molecular formula is C21H21N3O2S. The van der Waals surface area contributed by atoms with Crippen molar-refractivity contribution < 1.29 is 9.32 Å². The summed E-state index contributed by atoms with van der Waals surface area (Å²) in [5.41, 5.74) is 11.8. The maximum Gasteiger partial charge on any atom is 0.220 e. The van der Waals surface area contributed by atoms with Crippen LogP contribution in [0.3, 0.4) is 0 Å². The van der Waals surface area contributed by atoms with Gasteiger partial charge in [-0.25, -0.2) is 0 Å². The van der Waals surface area contributed by atoms with Crippen molar-refractivity contribution in [1.82, 2.24) is 5.16 Å². The number of nitrogens with zero attached hydrogens (tertiary/aromatic N) is 2. The summed E-state index contributed by atoms with van der Waals surface area (Å²) in [6, 6.07) is 9.79. The van der Waals surface area contributed by atoms with Crippen LogP contribution in [0.2, 0.25) is 0 Å². The Balaban J connectivity index is 1.94. The zero-order valence-corrected chi connectivity index (χ0v) is 16.4. The number of aryl methyl sites for hydroxylation is 2. The standard InChI is InChI=1S/C21H21N3O2S/c1-11-13(3)27-21-18(11)15(9-14-7-5-4-6-8-14)23-16(10-17(22)25)20-19(21)12(2)24-26-20/h4-8,16H,9-10H2,1-3H3,(H2,22,25)/t16-/m0/s1. The Morgan fingerprint density at radius 3 is 2.63 bits per heavy atom. The smallest absolute Gasteiger partial charge is 0.220 e. The molecule has 0 spiro atoms. The van der Waals surface area contributed by atoms with Crippen LogP contribution in [0.1, 0.15) is 45.5 Å². The summed E-state index contributed by atoms with van der Waals surface area (Å²) in [6.07, 6.45) is 0.795. The minimum atomic E-state index is -0.447. The first-order valence-electron chi connectivity index (χ1n) is 8.91. The molecule has 0 saturated heterocycles. The van der Waals surface area contributed by atoms with Gasteiger partial charge in [0.2, 0.25) is 5.91 Å². The molecule has 1 aliphatic heterocycles. The van der Waals surface area contributed by atoms with Crippen LogP contribution >= 0.6 is 11.3 Å². The van der Waals surface area contributed by atoms with Crippen LogP contribution in [0.25, 0.3) is 10.4 Å². The Morgan fingerprint density at radius 1 is 1.19 bits per heavy atom. The van der Waals surface area contributed by atoms with E-state index in [0.717, 1.165) is 27.4 Å². The third-order valence-electron chi connectivity index (χ3n) is 5.01. The van der Waals surface area contributed by atoms with Crippen LogP contribution in [0.15, 0.2) is 39.8 Å². The van der Waals surface area contributed by atoms with E-state index in [1.165, 1.54) is 16.0 Å². The van der Waals surface area contributed by atoms with Crippen molar-refractivity contribution in [3.05, 3.63) is 63.4 Å². The summed E-state index contributed by atoms with van der Waals surface area (Å²) in [5, 5.41) is 4.15. The molecule has 1 amide bonds. The van der Waals surface area contributed by atoms with E-state index in [-0.39, 0.29) is 6.42 Å². The van der Waals surface area contributed by atoms with Crippen LogP contribution in [0.4, 0.5) is 0 Å². The number of rotatable bonds is 4. The highest BCUT2D eigenvalue weighted by atomic mass is 32.1. The molecule has 1 aromatic carbocycles. The molecule has 0 fully saturated rings. The predicted octanol–water partition coefficient (Wildman–Crippen LogP) is 4.29. The summed E-state index contributed by atoms with van der Waals surface area (Å²) in [5.74, 6) is 0.234. The second-order valence-electron chi connectivity index (χ2n) is 6.92. The van der Waals surface area contributed by atoms with Crippen molar-refractivity contribution in [1.29, 1.82) is 0 Å². The van der Waals surface area contributed by atoms with E-state index >= 15 is 0 Å². The third-order valence-corrected chi connectivity index (χ3v) is 6.24. The summed E-state index contributed by atoms with van der Waals surface area (Å²) in [7, 11) is 0. The summed E-state index contributed by atoms with van der Waals surface area (Å²) in [4.78, 5) is 19.0. The van der Waals surface area contributed by atoms with Gasteiger partial charge < -0.3 is 10.3 Å². The Morgan fingerprint density at radius 2 is 1.93 bits per heavy atom. The minimum absolute atomic E-state index is 0.104. The normalized spacial score (nSPS) is 15.7. The number of carbonyl (C=O) groups is 1. The largest absolute Gasteiger partial charge is 0.370 e. The molecule has 0 aliphatic carbocycles. The highest BCUT2D eigenvalue weighted by Crippen LogP contribution is 2.45. The molecule has 5 nitrogen and oxygen atoms in total. The van der Waals surface area contributed by atoms with Crippen LogP contribution in [-0.2, 0) is 11.2 Å². The fourth-order valence-electron chi connectivity index (χ4n) is 3.60. The number of nitrogens with two attached hydrogens (primary N) is 1. The number of fused-ring (bicyclic) bond motifs is 3. The van der Waals surface area contributed by atoms with Crippen molar-refractivity contribution in [2.24, 2.45) is 10.7 Å². The molecule has 0 saturated carbocycles. The second kappa shape index (κ2) is 6.78. The van der Waals surface area contributed by atoms with Crippen molar-refractivity contribution in [2.75, 3.05) is 0 Å². The number of primary amides is 1. The van der Waals surface area contributed by atoms with E-state index in [4.69, 9.17) is 15.2 Å². The zero-order chi connectivity index (χ0) is 19.1. The Kier molecular flexibility index (Phi) is 4.44. The zero-order valence-electron chi connectivity index (χ0n) is 15.6. The SMILES string of the molecule is Cc1noc2c1-c1sc(C)c(C)c1C(Cc1ccccc1)=N[C@H]2CC(N)=O. The average molecular weight is 379 g/mol. The van der Waals surface area contributed by atoms with Gasteiger partial charge in [-0.1, -0.05) is 35.5 Å². The molecule has 27 heavy (non-hydrogen) atoms. The van der Waals surface area contributed by atoms with Gasteiger partial charge >= 0.3 is 0 Å².